The third-order valence-corrected chi connectivity index (χ3v) is 4.32. The van der Waals surface area contributed by atoms with E-state index in [0.717, 1.165) is 16.8 Å². The third-order valence-electron chi connectivity index (χ3n) is 3.46. The molecule has 8 heteroatoms. The van der Waals surface area contributed by atoms with E-state index >= 15 is 0 Å². The molecule has 2 aromatic heterocycles. The number of amides is 1. The lowest BCUT2D eigenvalue weighted by atomic mass is 10.1. The number of hydrogen-bond acceptors (Lipinski definition) is 6. The molecule has 2 heterocycles. The molecule has 0 radical (unpaired) electrons. The first-order valence-electron chi connectivity index (χ1n) is 7.35. The molecule has 2 N–H and O–H groups in total. The van der Waals surface area contributed by atoms with Gasteiger partial charge >= 0.3 is 0 Å². The Morgan fingerprint density at radius 3 is 2.84 bits per heavy atom. The normalized spacial score (nSPS) is 10.8. The van der Waals surface area contributed by atoms with Crippen LogP contribution in [0.5, 0.6) is 11.5 Å². The topological polar surface area (TPSA) is 88.6 Å². The van der Waals surface area contributed by atoms with Crippen LogP contribution < -0.4 is 14.9 Å². The summed E-state index contributed by atoms with van der Waals surface area (Å²) in [6.07, 6.45) is 3.17. The molecule has 1 amide bonds. The van der Waals surface area contributed by atoms with Crippen molar-refractivity contribution < 1.29 is 14.3 Å². The van der Waals surface area contributed by atoms with Crippen LogP contribution >= 0.6 is 11.3 Å². The summed E-state index contributed by atoms with van der Waals surface area (Å²) in [7, 11) is 3.17. The number of H-pyrrole nitrogens is 1. The number of nitrogens with one attached hydrogen (secondary N) is 2. The molecule has 128 valence electrons. The van der Waals surface area contributed by atoms with Gasteiger partial charge in [0.15, 0.2) is 11.5 Å². The van der Waals surface area contributed by atoms with Gasteiger partial charge in [-0.05, 0) is 29.6 Å². The summed E-state index contributed by atoms with van der Waals surface area (Å²) in [5.41, 5.74) is 4.85. The van der Waals surface area contributed by atoms with E-state index in [1.807, 2.05) is 29.6 Å². The molecule has 0 bridgehead atoms. The van der Waals surface area contributed by atoms with Crippen molar-refractivity contribution in [3.8, 4) is 22.8 Å². The van der Waals surface area contributed by atoms with E-state index in [1.165, 1.54) is 11.3 Å². The van der Waals surface area contributed by atoms with Gasteiger partial charge in [-0.1, -0.05) is 6.07 Å². The van der Waals surface area contributed by atoms with E-state index in [9.17, 15) is 4.79 Å². The monoisotopic (exact) mass is 356 g/mol. The van der Waals surface area contributed by atoms with Gasteiger partial charge in [-0.3, -0.25) is 9.89 Å². The van der Waals surface area contributed by atoms with Crippen molar-refractivity contribution in [3.63, 3.8) is 0 Å². The molecule has 25 heavy (non-hydrogen) atoms. The largest absolute Gasteiger partial charge is 0.493 e. The third kappa shape index (κ3) is 3.69. The standard InChI is InChI=1S/C17H16N4O3S/c1-23-13-6-5-11(8-14(13)24-2)16-12(9-18-20-16)10-19-21-17(22)15-4-3-7-25-15/h3-10H,1-2H3,(H,18,20)(H,21,22)/b19-10-. The Labute approximate surface area is 148 Å². The molecule has 0 saturated carbocycles. The van der Waals surface area contributed by atoms with Crippen molar-refractivity contribution in [3.05, 3.63) is 52.3 Å². The van der Waals surface area contributed by atoms with E-state index in [-0.39, 0.29) is 5.91 Å². The highest BCUT2D eigenvalue weighted by molar-refractivity contribution is 7.12. The van der Waals surface area contributed by atoms with Crippen LogP contribution in [0.15, 0.2) is 47.0 Å². The van der Waals surface area contributed by atoms with Gasteiger partial charge in [0.1, 0.15) is 0 Å². The number of hydrazone groups is 1. The van der Waals surface area contributed by atoms with Gasteiger partial charge in [-0.2, -0.15) is 10.2 Å². The Bertz CT molecular complexity index is 887. The molecule has 0 fully saturated rings. The first-order valence-corrected chi connectivity index (χ1v) is 8.23. The average molecular weight is 356 g/mol. The molecule has 0 unspecified atom stereocenters. The quantitative estimate of drug-likeness (QED) is 0.525. The Morgan fingerprint density at radius 2 is 2.12 bits per heavy atom. The highest BCUT2D eigenvalue weighted by atomic mass is 32.1. The SMILES string of the molecule is COc1ccc(-c2[nH]ncc2/C=N\NC(=O)c2cccs2)cc1OC. The second-order valence-electron chi connectivity index (χ2n) is 4.95. The fourth-order valence-electron chi connectivity index (χ4n) is 2.24. The van der Waals surface area contributed by atoms with Crippen LogP contribution in [0.1, 0.15) is 15.2 Å². The van der Waals surface area contributed by atoms with Gasteiger partial charge in [-0.15, -0.1) is 11.3 Å². The lowest BCUT2D eigenvalue weighted by molar-refractivity contribution is 0.0959. The van der Waals surface area contributed by atoms with Gasteiger partial charge < -0.3 is 9.47 Å². The zero-order chi connectivity index (χ0) is 17.6. The number of aromatic amines is 1. The molecule has 0 spiro atoms. The average Bonchev–Trinajstić information content (AvgIpc) is 3.33. The summed E-state index contributed by atoms with van der Waals surface area (Å²) >= 11 is 1.36. The number of carbonyl (C=O) groups is 1. The molecular weight excluding hydrogens is 340 g/mol. The van der Waals surface area contributed by atoms with E-state index in [0.29, 0.717) is 16.4 Å². The molecule has 0 aliphatic carbocycles. The van der Waals surface area contributed by atoms with Crippen LogP contribution in [-0.2, 0) is 0 Å². The smallest absolute Gasteiger partial charge is 0.281 e. The van der Waals surface area contributed by atoms with E-state index in [2.05, 4.69) is 20.7 Å². The van der Waals surface area contributed by atoms with Gasteiger partial charge in [0.25, 0.3) is 5.91 Å². The number of thiophene rings is 1. The summed E-state index contributed by atoms with van der Waals surface area (Å²) in [5, 5.41) is 12.8. The molecular formula is C17H16N4O3S. The zero-order valence-electron chi connectivity index (χ0n) is 13.6. The minimum absolute atomic E-state index is 0.248. The maximum Gasteiger partial charge on any atom is 0.281 e. The lowest BCUT2D eigenvalue weighted by Gasteiger charge is -2.09. The van der Waals surface area contributed by atoms with Crippen molar-refractivity contribution >= 4 is 23.5 Å². The first kappa shape index (κ1) is 16.7. The Kier molecular flexibility index (Phi) is 5.10. The zero-order valence-corrected chi connectivity index (χ0v) is 14.5. The van der Waals surface area contributed by atoms with Crippen LogP contribution in [0, 0.1) is 0 Å². The van der Waals surface area contributed by atoms with Gasteiger partial charge in [0, 0.05) is 11.1 Å². The lowest BCUT2D eigenvalue weighted by Crippen LogP contribution is -2.16. The number of methoxy groups -OCH3 is 2. The molecule has 3 aromatic rings. The Balaban J connectivity index is 1.79. The van der Waals surface area contributed by atoms with Gasteiger partial charge in [0.05, 0.1) is 37.2 Å². The number of benzene rings is 1. The molecule has 0 aliphatic rings. The predicted molar refractivity (Wildman–Crippen MR) is 96.5 cm³/mol. The van der Waals surface area contributed by atoms with Crippen molar-refractivity contribution in [2.45, 2.75) is 0 Å². The highest BCUT2D eigenvalue weighted by Crippen LogP contribution is 2.32. The van der Waals surface area contributed by atoms with E-state index in [1.54, 1.807) is 32.7 Å². The summed E-state index contributed by atoms with van der Waals surface area (Å²) in [5.74, 6) is 1.01. The fraction of sp³-hybridized carbons (Fsp3) is 0.118. The summed E-state index contributed by atoms with van der Waals surface area (Å²) in [4.78, 5) is 12.5. The minimum Gasteiger partial charge on any atom is -0.493 e. The van der Waals surface area contributed by atoms with E-state index in [4.69, 9.17) is 9.47 Å². The van der Waals surface area contributed by atoms with Crippen molar-refractivity contribution in [2.75, 3.05) is 14.2 Å². The number of hydrogen-bond donors (Lipinski definition) is 2. The predicted octanol–water partition coefficient (Wildman–Crippen LogP) is 2.92. The number of carbonyl (C=O) groups excluding carboxylic acids is 1. The van der Waals surface area contributed by atoms with Crippen LogP contribution in [0.3, 0.4) is 0 Å². The molecule has 7 nitrogen and oxygen atoms in total. The maximum atomic E-state index is 11.9. The number of rotatable bonds is 6. The van der Waals surface area contributed by atoms with Crippen molar-refractivity contribution in [1.82, 2.24) is 15.6 Å². The van der Waals surface area contributed by atoms with Crippen molar-refractivity contribution in [1.29, 1.82) is 0 Å². The molecule has 1 aromatic carbocycles. The first-order chi connectivity index (χ1) is 12.2. The fourth-order valence-corrected chi connectivity index (χ4v) is 2.85. The number of nitrogens with zero attached hydrogens (tertiary/aromatic N) is 2. The molecule has 3 rings (SSSR count). The highest BCUT2D eigenvalue weighted by Gasteiger charge is 2.11. The summed E-state index contributed by atoms with van der Waals surface area (Å²) in [6.45, 7) is 0. The van der Waals surface area contributed by atoms with Crippen LogP contribution in [-0.4, -0.2) is 36.5 Å². The Morgan fingerprint density at radius 1 is 1.28 bits per heavy atom. The van der Waals surface area contributed by atoms with Crippen LogP contribution in [0.2, 0.25) is 0 Å². The Hall–Kier alpha value is -3.13. The maximum absolute atomic E-state index is 11.9. The van der Waals surface area contributed by atoms with Gasteiger partial charge in [0.2, 0.25) is 0 Å². The second-order valence-corrected chi connectivity index (χ2v) is 5.89. The molecule has 0 saturated heterocycles. The molecule has 0 atom stereocenters. The number of ether oxygens (including phenoxy) is 2. The molecule has 0 aliphatic heterocycles. The van der Waals surface area contributed by atoms with E-state index < -0.39 is 0 Å². The van der Waals surface area contributed by atoms with Crippen molar-refractivity contribution in [2.24, 2.45) is 5.10 Å². The number of aromatic nitrogens is 2. The second kappa shape index (κ2) is 7.63. The van der Waals surface area contributed by atoms with Crippen LogP contribution in [0.4, 0.5) is 0 Å². The summed E-state index contributed by atoms with van der Waals surface area (Å²) < 4.78 is 10.6. The van der Waals surface area contributed by atoms with Crippen LogP contribution in [0.25, 0.3) is 11.3 Å². The van der Waals surface area contributed by atoms with Gasteiger partial charge in [-0.25, -0.2) is 5.43 Å². The minimum atomic E-state index is -0.248. The summed E-state index contributed by atoms with van der Waals surface area (Å²) in [6, 6.07) is 9.09.